The summed E-state index contributed by atoms with van der Waals surface area (Å²) in [6, 6.07) is 0.654. The van der Waals surface area contributed by atoms with Gasteiger partial charge in [0.2, 0.25) is 0 Å². The zero-order valence-electron chi connectivity index (χ0n) is 10.8. The molecule has 2 fully saturated rings. The van der Waals surface area contributed by atoms with Crippen molar-refractivity contribution in [2.24, 2.45) is 11.8 Å². The van der Waals surface area contributed by atoms with Crippen molar-refractivity contribution >= 4 is 0 Å². The fourth-order valence-electron chi connectivity index (χ4n) is 3.26. The second-order valence-electron chi connectivity index (χ2n) is 6.16. The molecule has 2 saturated carbocycles. The van der Waals surface area contributed by atoms with Crippen molar-refractivity contribution in [2.45, 2.75) is 70.4 Å². The number of hydrogen-bond donors (Lipinski definition) is 2. The van der Waals surface area contributed by atoms with E-state index >= 15 is 0 Å². The summed E-state index contributed by atoms with van der Waals surface area (Å²) >= 11 is 0. The normalized spacial score (nSPS) is 37.3. The van der Waals surface area contributed by atoms with Gasteiger partial charge in [-0.1, -0.05) is 26.7 Å². The van der Waals surface area contributed by atoms with Crippen molar-refractivity contribution in [1.29, 1.82) is 0 Å². The van der Waals surface area contributed by atoms with E-state index in [2.05, 4.69) is 19.2 Å². The quantitative estimate of drug-likeness (QED) is 0.754. The molecule has 2 aliphatic rings. The topological polar surface area (TPSA) is 32.3 Å². The second-order valence-corrected chi connectivity index (χ2v) is 6.16. The van der Waals surface area contributed by atoms with E-state index in [1.807, 2.05) is 0 Å². The maximum Gasteiger partial charge on any atom is 0.0774 e. The Hall–Kier alpha value is -0.0800. The molecule has 0 aromatic rings. The summed E-state index contributed by atoms with van der Waals surface area (Å²) in [6.45, 7) is 5.33. The minimum Gasteiger partial charge on any atom is -0.389 e. The van der Waals surface area contributed by atoms with Crippen molar-refractivity contribution in [3.05, 3.63) is 0 Å². The van der Waals surface area contributed by atoms with Gasteiger partial charge in [0.15, 0.2) is 0 Å². The molecule has 0 saturated heterocycles. The largest absolute Gasteiger partial charge is 0.389 e. The summed E-state index contributed by atoms with van der Waals surface area (Å²) in [5.41, 5.74) is -0.417. The van der Waals surface area contributed by atoms with Gasteiger partial charge in [-0.2, -0.15) is 0 Å². The lowest BCUT2D eigenvalue weighted by atomic mass is 9.79. The third kappa shape index (κ3) is 3.21. The van der Waals surface area contributed by atoms with E-state index in [1.165, 1.54) is 32.1 Å². The molecule has 0 aromatic carbocycles. The Morgan fingerprint density at radius 2 is 2.12 bits per heavy atom. The van der Waals surface area contributed by atoms with Crippen LogP contribution in [-0.2, 0) is 0 Å². The van der Waals surface area contributed by atoms with Crippen LogP contribution in [0, 0.1) is 11.8 Å². The summed E-state index contributed by atoms with van der Waals surface area (Å²) in [7, 11) is 0. The molecule has 0 bridgehead atoms. The van der Waals surface area contributed by atoms with E-state index in [0.29, 0.717) is 12.0 Å². The Kier molecular flexibility index (Phi) is 3.91. The van der Waals surface area contributed by atoms with Crippen LogP contribution in [-0.4, -0.2) is 23.3 Å². The Morgan fingerprint density at radius 1 is 1.38 bits per heavy atom. The smallest absolute Gasteiger partial charge is 0.0774 e. The van der Waals surface area contributed by atoms with Gasteiger partial charge in [-0.05, 0) is 43.9 Å². The molecule has 16 heavy (non-hydrogen) atoms. The van der Waals surface area contributed by atoms with Crippen LogP contribution in [0.25, 0.3) is 0 Å². The Bertz CT molecular complexity index is 227. The lowest BCUT2D eigenvalue weighted by Gasteiger charge is -2.37. The fourth-order valence-corrected chi connectivity index (χ4v) is 3.26. The molecule has 0 radical (unpaired) electrons. The van der Waals surface area contributed by atoms with Crippen molar-refractivity contribution in [3.8, 4) is 0 Å². The van der Waals surface area contributed by atoms with E-state index < -0.39 is 5.60 Å². The van der Waals surface area contributed by atoms with Crippen LogP contribution in [0.5, 0.6) is 0 Å². The van der Waals surface area contributed by atoms with Crippen LogP contribution in [0.3, 0.4) is 0 Å². The predicted octanol–water partition coefficient (Wildman–Crippen LogP) is 2.71. The summed E-state index contributed by atoms with van der Waals surface area (Å²) in [6.07, 6.45) is 8.45. The van der Waals surface area contributed by atoms with Gasteiger partial charge in [-0.15, -0.1) is 0 Å². The van der Waals surface area contributed by atoms with Crippen molar-refractivity contribution in [3.63, 3.8) is 0 Å². The highest BCUT2D eigenvalue weighted by Gasteiger charge is 2.35. The molecule has 2 heteroatoms. The van der Waals surface area contributed by atoms with Gasteiger partial charge in [0, 0.05) is 12.6 Å². The van der Waals surface area contributed by atoms with Crippen LogP contribution in [0.2, 0.25) is 0 Å². The minimum atomic E-state index is -0.417. The monoisotopic (exact) mass is 225 g/mol. The zero-order valence-corrected chi connectivity index (χ0v) is 10.8. The number of aliphatic hydroxyl groups is 1. The van der Waals surface area contributed by atoms with E-state index in [4.69, 9.17) is 0 Å². The summed E-state index contributed by atoms with van der Waals surface area (Å²) in [5, 5.41) is 14.1. The first-order valence-corrected chi connectivity index (χ1v) is 7.09. The van der Waals surface area contributed by atoms with Gasteiger partial charge in [0.1, 0.15) is 0 Å². The molecule has 0 aromatic heterocycles. The highest BCUT2D eigenvalue weighted by Crippen LogP contribution is 2.35. The molecule has 3 atom stereocenters. The fraction of sp³-hybridized carbons (Fsp3) is 1.00. The Balaban J connectivity index is 1.78. The Morgan fingerprint density at radius 3 is 2.69 bits per heavy atom. The third-order valence-corrected chi connectivity index (χ3v) is 4.39. The van der Waals surface area contributed by atoms with Gasteiger partial charge in [-0.3, -0.25) is 0 Å². The van der Waals surface area contributed by atoms with Gasteiger partial charge >= 0.3 is 0 Å². The first-order chi connectivity index (χ1) is 7.63. The summed E-state index contributed by atoms with van der Waals surface area (Å²) in [4.78, 5) is 0. The van der Waals surface area contributed by atoms with E-state index in [9.17, 15) is 5.11 Å². The number of rotatable bonds is 5. The van der Waals surface area contributed by atoms with Gasteiger partial charge in [0.05, 0.1) is 5.60 Å². The molecule has 2 N–H and O–H groups in total. The molecule has 94 valence electrons. The summed E-state index contributed by atoms with van der Waals surface area (Å²) < 4.78 is 0. The first-order valence-electron chi connectivity index (χ1n) is 7.09. The van der Waals surface area contributed by atoms with Crippen molar-refractivity contribution in [1.82, 2.24) is 5.32 Å². The highest BCUT2D eigenvalue weighted by molar-refractivity contribution is 4.91. The van der Waals surface area contributed by atoms with Crippen molar-refractivity contribution in [2.75, 3.05) is 6.54 Å². The van der Waals surface area contributed by atoms with Crippen LogP contribution in [0.15, 0.2) is 0 Å². The predicted molar refractivity (Wildman–Crippen MR) is 67.4 cm³/mol. The molecule has 2 nitrogen and oxygen atoms in total. The molecule has 2 rings (SSSR count). The molecule has 0 heterocycles. The average molecular weight is 225 g/mol. The molecule has 0 aliphatic heterocycles. The summed E-state index contributed by atoms with van der Waals surface area (Å²) in [5.74, 6) is 1.59. The number of nitrogens with one attached hydrogen (secondary N) is 1. The Labute approximate surface area is 99.8 Å². The van der Waals surface area contributed by atoms with Gasteiger partial charge < -0.3 is 10.4 Å². The van der Waals surface area contributed by atoms with E-state index in [0.717, 1.165) is 25.3 Å². The standard InChI is InChI=1S/C14H27NO/c1-3-13(12-6-7-12)15-10-14(16)8-4-5-11(2)9-14/h11-13,15-16H,3-10H2,1-2H3. The molecule has 0 spiro atoms. The molecular formula is C14H27NO. The van der Waals surface area contributed by atoms with Crippen LogP contribution < -0.4 is 5.32 Å². The first kappa shape index (κ1) is 12.4. The zero-order chi connectivity index (χ0) is 11.6. The average Bonchev–Trinajstić information content (AvgIpc) is 3.02. The lowest BCUT2D eigenvalue weighted by molar-refractivity contribution is -0.0143. The number of hydrogen-bond acceptors (Lipinski definition) is 2. The van der Waals surface area contributed by atoms with E-state index in [-0.39, 0.29) is 0 Å². The molecule has 2 aliphatic carbocycles. The van der Waals surface area contributed by atoms with E-state index in [1.54, 1.807) is 0 Å². The molecule has 3 unspecified atom stereocenters. The maximum atomic E-state index is 10.5. The maximum absolute atomic E-state index is 10.5. The molecule has 0 amide bonds. The minimum absolute atomic E-state index is 0.417. The van der Waals surface area contributed by atoms with Crippen molar-refractivity contribution < 1.29 is 5.11 Å². The van der Waals surface area contributed by atoms with Crippen LogP contribution in [0.1, 0.15) is 58.8 Å². The third-order valence-electron chi connectivity index (χ3n) is 4.39. The SMILES string of the molecule is CCC(NCC1(O)CCCC(C)C1)C1CC1. The van der Waals surface area contributed by atoms with Crippen LogP contribution >= 0.6 is 0 Å². The van der Waals surface area contributed by atoms with Gasteiger partial charge in [-0.25, -0.2) is 0 Å². The molecular weight excluding hydrogens is 198 g/mol. The second kappa shape index (κ2) is 5.05. The highest BCUT2D eigenvalue weighted by atomic mass is 16.3. The van der Waals surface area contributed by atoms with Crippen LogP contribution in [0.4, 0.5) is 0 Å². The van der Waals surface area contributed by atoms with Gasteiger partial charge in [0.25, 0.3) is 0 Å². The lowest BCUT2D eigenvalue weighted by Crippen LogP contribution is -2.47.